The molecule has 0 amide bonds. The molecule has 0 saturated carbocycles. The first-order valence-electron chi connectivity index (χ1n) is 6.90. The summed E-state index contributed by atoms with van der Waals surface area (Å²) in [7, 11) is -0.159. The Kier molecular flexibility index (Phi) is 4.31. The van der Waals surface area contributed by atoms with Crippen LogP contribution < -0.4 is 5.32 Å². The van der Waals surface area contributed by atoms with Crippen LogP contribution >= 0.6 is 11.3 Å². The maximum absolute atomic E-state index is 12.1. The summed E-state index contributed by atoms with van der Waals surface area (Å²) >= 11 is 1.55. The topological polar surface area (TPSA) is 84.4 Å². The van der Waals surface area contributed by atoms with E-state index in [9.17, 15) is 8.42 Å². The Bertz CT molecular complexity index is 759. The smallest absolute Gasteiger partial charge is 0.214 e. The predicted molar refractivity (Wildman–Crippen MR) is 86.6 cm³/mol. The van der Waals surface area contributed by atoms with E-state index in [1.165, 1.54) is 10.6 Å². The van der Waals surface area contributed by atoms with Gasteiger partial charge in [-0.1, -0.05) is 0 Å². The molecule has 1 aliphatic rings. The molecule has 0 spiro atoms. The van der Waals surface area contributed by atoms with E-state index in [1.54, 1.807) is 25.4 Å². The summed E-state index contributed by atoms with van der Waals surface area (Å²) in [6.45, 7) is 0.909. The third kappa shape index (κ3) is 3.07. The van der Waals surface area contributed by atoms with E-state index in [2.05, 4.69) is 15.3 Å². The quantitative estimate of drug-likeness (QED) is 0.873. The van der Waals surface area contributed by atoms with Gasteiger partial charge >= 0.3 is 0 Å². The average Bonchev–Trinajstić information content (AvgIpc) is 3.08. The van der Waals surface area contributed by atoms with Crippen LogP contribution in [0.1, 0.15) is 0 Å². The molecule has 22 heavy (non-hydrogen) atoms. The van der Waals surface area contributed by atoms with Crippen LogP contribution in [0.5, 0.6) is 0 Å². The highest BCUT2D eigenvalue weighted by Crippen LogP contribution is 2.27. The summed E-state index contributed by atoms with van der Waals surface area (Å²) < 4.78 is 30.9. The molecular weight excluding hydrogens is 324 g/mol. The van der Waals surface area contributed by atoms with Crippen molar-refractivity contribution in [1.82, 2.24) is 14.3 Å². The maximum atomic E-state index is 12.1. The van der Waals surface area contributed by atoms with Crippen molar-refractivity contribution in [3.8, 4) is 0 Å². The monoisotopic (exact) mass is 342 g/mol. The van der Waals surface area contributed by atoms with Gasteiger partial charge in [-0.05, 0) is 11.4 Å². The van der Waals surface area contributed by atoms with E-state index in [-0.39, 0.29) is 17.7 Å². The van der Waals surface area contributed by atoms with Crippen molar-refractivity contribution in [3.05, 3.63) is 17.8 Å². The third-order valence-electron chi connectivity index (χ3n) is 3.76. The molecule has 9 heteroatoms. The SMILES string of the molecule is CN(C)S(=O)(=O)C[C@@H]1COC[C@H]1Nc1ncnc2sccc12. The lowest BCUT2D eigenvalue weighted by atomic mass is 10.1. The highest BCUT2D eigenvalue weighted by molar-refractivity contribution is 7.89. The first-order valence-corrected chi connectivity index (χ1v) is 9.39. The zero-order valence-corrected chi connectivity index (χ0v) is 14.0. The van der Waals surface area contributed by atoms with Crippen molar-refractivity contribution in [3.63, 3.8) is 0 Å². The van der Waals surface area contributed by atoms with Crippen LogP contribution in [0, 0.1) is 5.92 Å². The minimum Gasteiger partial charge on any atom is -0.379 e. The highest BCUT2D eigenvalue weighted by Gasteiger charge is 2.33. The van der Waals surface area contributed by atoms with Crippen LogP contribution in [0.2, 0.25) is 0 Å². The molecule has 0 aliphatic carbocycles. The van der Waals surface area contributed by atoms with Crippen LogP contribution in [0.15, 0.2) is 17.8 Å². The molecule has 0 bridgehead atoms. The fraction of sp³-hybridized carbons (Fsp3) is 0.538. The van der Waals surface area contributed by atoms with E-state index >= 15 is 0 Å². The van der Waals surface area contributed by atoms with Crippen molar-refractivity contribution in [2.24, 2.45) is 5.92 Å². The number of hydrogen-bond acceptors (Lipinski definition) is 7. The lowest BCUT2D eigenvalue weighted by molar-refractivity contribution is 0.187. The fourth-order valence-electron chi connectivity index (χ4n) is 2.42. The predicted octanol–water partition coefficient (Wildman–Crippen LogP) is 1.01. The van der Waals surface area contributed by atoms with E-state index < -0.39 is 10.0 Å². The molecule has 1 saturated heterocycles. The molecule has 3 rings (SSSR count). The Labute approximate surface area is 133 Å². The van der Waals surface area contributed by atoms with Gasteiger partial charge in [0.25, 0.3) is 0 Å². The Balaban J connectivity index is 1.78. The summed E-state index contributed by atoms with van der Waals surface area (Å²) in [5.74, 6) is 0.695. The van der Waals surface area contributed by atoms with Crippen LogP contribution in [-0.2, 0) is 14.8 Å². The van der Waals surface area contributed by atoms with Gasteiger partial charge in [-0.2, -0.15) is 0 Å². The summed E-state index contributed by atoms with van der Waals surface area (Å²) in [5, 5.41) is 6.24. The Morgan fingerprint density at radius 1 is 1.41 bits per heavy atom. The van der Waals surface area contributed by atoms with Gasteiger partial charge in [-0.3, -0.25) is 0 Å². The maximum Gasteiger partial charge on any atom is 0.214 e. The Hall–Kier alpha value is -1.29. The first kappa shape index (κ1) is 15.6. The second-order valence-electron chi connectivity index (χ2n) is 5.47. The lowest BCUT2D eigenvalue weighted by Crippen LogP contribution is -2.37. The van der Waals surface area contributed by atoms with Crippen LogP contribution in [-0.4, -0.2) is 61.8 Å². The lowest BCUT2D eigenvalue weighted by Gasteiger charge is -2.21. The number of thiophene rings is 1. The minimum absolute atomic E-state index is 0.0650. The number of rotatable bonds is 5. The van der Waals surface area contributed by atoms with Gasteiger partial charge in [0.1, 0.15) is 17.0 Å². The van der Waals surface area contributed by atoms with Crippen molar-refractivity contribution < 1.29 is 13.2 Å². The molecule has 2 aromatic heterocycles. The van der Waals surface area contributed by atoms with Crippen molar-refractivity contribution in [2.75, 3.05) is 38.4 Å². The van der Waals surface area contributed by atoms with Gasteiger partial charge < -0.3 is 10.1 Å². The number of anilines is 1. The van der Waals surface area contributed by atoms with Crippen molar-refractivity contribution >= 4 is 37.4 Å². The molecule has 0 aromatic carbocycles. The third-order valence-corrected chi connectivity index (χ3v) is 6.55. The molecule has 7 nitrogen and oxygen atoms in total. The average molecular weight is 342 g/mol. The highest BCUT2D eigenvalue weighted by atomic mass is 32.2. The van der Waals surface area contributed by atoms with Gasteiger partial charge in [0.05, 0.1) is 30.4 Å². The number of ether oxygens (including phenoxy) is 1. The zero-order chi connectivity index (χ0) is 15.7. The Morgan fingerprint density at radius 2 is 2.23 bits per heavy atom. The molecule has 120 valence electrons. The van der Waals surface area contributed by atoms with Crippen LogP contribution in [0.3, 0.4) is 0 Å². The van der Waals surface area contributed by atoms with E-state index in [4.69, 9.17) is 4.74 Å². The van der Waals surface area contributed by atoms with Gasteiger partial charge in [0.2, 0.25) is 10.0 Å². The zero-order valence-electron chi connectivity index (χ0n) is 12.4. The number of fused-ring (bicyclic) bond motifs is 1. The summed E-state index contributed by atoms with van der Waals surface area (Å²) in [6.07, 6.45) is 1.52. The normalized spacial score (nSPS) is 22.5. The van der Waals surface area contributed by atoms with Gasteiger partial charge in [0.15, 0.2) is 0 Å². The molecular formula is C13H18N4O3S2. The van der Waals surface area contributed by atoms with Gasteiger partial charge in [0, 0.05) is 20.0 Å². The van der Waals surface area contributed by atoms with E-state index in [0.29, 0.717) is 13.2 Å². The van der Waals surface area contributed by atoms with Gasteiger partial charge in [-0.25, -0.2) is 22.7 Å². The summed E-state index contributed by atoms with van der Waals surface area (Å²) in [5.41, 5.74) is 0. The molecule has 0 unspecified atom stereocenters. The molecule has 1 aliphatic heterocycles. The molecule has 2 aromatic rings. The van der Waals surface area contributed by atoms with Crippen LogP contribution in [0.25, 0.3) is 10.2 Å². The van der Waals surface area contributed by atoms with Gasteiger partial charge in [-0.15, -0.1) is 11.3 Å². The second-order valence-corrected chi connectivity index (χ2v) is 8.59. The number of nitrogens with one attached hydrogen (secondary N) is 1. The number of hydrogen-bond donors (Lipinski definition) is 1. The molecule has 3 heterocycles. The summed E-state index contributed by atoms with van der Waals surface area (Å²) in [4.78, 5) is 9.40. The molecule has 2 atom stereocenters. The molecule has 1 fully saturated rings. The Morgan fingerprint density at radius 3 is 3.00 bits per heavy atom. The van der Waals surface area contributed by atoms with Crippen molar-refractivity contribution in [2.45, 2.75) is 6.04 Å². The van der Waals surface area contributed by atoms with E-state index in [1.807, 2.05) is 11.4 Å². The second kappa shape index (κ2) is 6.07. The first-order chi connectivity index (χ1) is 10.5. The minimum atomic E-state index is -3.26. The van der Waals surface area contributed by atoms with E-state index in [0.717, 1.165) is 16.0 Å². The number of nitrogens with zero attached hydrogens (tertiary/aromatic N) is 3. The van der Waals surface area contributed by atoms with Crippen molar-refractivity contribution in [1.29, 1.82) is 0 Å². The largest absolute Gasteiger partial charge is 0.379 e. The molecule has 1 N–H and O–H groups in total. The molecule has 0 radical (unpaired) electrons. The summed E-state index contributed by atoms with van der Waals surface area (Å²) in [6, 6.07) is 1.89. The number of aromatic nitrogens is 2. The van der Waals surface area contributed by atoms with Crippen LogP contribution in [0.4, 0.5) is 5.82 Å². The number of sulfonamides is 1. The fourth-order valence-corrected chi connectivity index (χ4v) is 4.32. The standard InChI is InChI=1S/C13H18N4O3S2/c1-17(2)22(18,19)7-9-5-20-6-11(9)16-12-10-3-4-21-13(10)15-8-14-12/h3-4,8-9,11H,5-7H2,1-2H3,(H,14,15,16)/t9-,11+/m0/s1.